The lowest BCUT2D eigenvalue weighted by atomic mass is 10.0. The van der Waals surface area contributed by atoms with Crippen LogP contribution in [0.25, 0.3) is 0 Å². The number of rotatable bonds is 8. The van der Waals surface area contributed by atoms with Crippen LogP contribution >= 0.6 is 11.8 Å². The molecule has 100 valence electrons. The normalized spacial score (nSPS) is 25.1. The number of aliphatic hydroxyl groups is 1. The van der Waals surface area contributed by atoms with Gasteiger partial charge in [-0.2, -0.15) is 11.8 Å². The molecule has 0 aromatic heterocycles. The average molecular weight is 257 g/mol. The van der Waals surface area contributed by atoms with Crippen molar-refractivity contribution < 1.29 is 5.11 Å². The lowest BCUT2D eigenvalue weighted by Crippen LogP contribution is -2.47. The van der Waals surface area contributed by atoms with E-state index in [0.717, 1.165) is 12.3 Å². The molecule has 17 heavy (non-hydrogen) atoms. The first-order valence-electron chi connectivity index (χ1n) is 7.18. The monoisotopic (exact) mass is 257 g/mol. The topological polar surface area (TPSA) is 32.3 Å². The van der Waals surface area contributed by atoms with Crippen molar-refractivity contribution in [3.05, 3.63) is 0 Å². The lowest BCUT2D eigenvalue weighted by Gasteiger charge is -2.29. The summed E-state index contributed by atoms with van der Waals surface area (Å²) in [7, 11) is 0. The van der Waals surface area contributed by atoms with Crippen LogP contribution in [-0.4, -0.2) is 34.8 Å². The Morgan fingerprint density at radius 2 is 1.94 bits per heavy atom. The van der Waals surface area contributed by atoms with E-state index in [1.807, 2.05) is 0 Å². The average Bonchev–Trinajstić information content (AvgIpc) is 2.97. The van der Waals surface area contributed by atoms with E-state index in [0.29, 0.717) is 6.04 Å². The van der Waals surface area contributed by atoms with Gasteiger partial charge in [-0.05, 0) is 56.5 Å². The molecule has 0 aromatic rings. The van der Waals surface area contributed by atoms with Crippen molar-refractivity contribution in [2.45, 2.75) is 63.5 Å². The van der Waals surface area contributed by atoms with E-state index in [4.69, 9.17) is 0 Å². The van der Waals surface area contributed by atoms with Crippen LogP contribution in [0.4, 0.5) is 0 Å². The Morgan fingerprint density at radius 3 is 2.53 bits per heavy atom. The van der Waals surface area contributed by atoms with Crippen molar-refractivity contribution >= 4 is 11.8 Å². The SMILES string of the molecule is CC(CO)(CCSCC1CCCC1)NC1CC1. The summed E-state index contributed by atoms with van der Waals surface area (Å²) in [5.41, 5.74) is -0.0379. The minimum Gasteiger partial charge on any atom is -0.394 e. The molecule has 2 fully saturated rings. The second kappa shape index (κ2) is 6.44. The molecule has 0 heterocycles. The predicted molar refractivity (Wildman–Crippen MR) is 75.5 cm³/mol. The molecule has 2 nitrogen and oxygen atoms in total. The van der Waals surface area contributed by atoms with E-state index in [1.54, 1.807) is 0 Å². The summed E-state index contributed by atoms with van der Waals surface area (Å²) in [5.74, 6) is 3.51. The Kier molecular flexibility index (Phi) is 5.19. The Bertz CT molecular complexity index is 226. The molecule has 0 aliphatic heterocycles. The third-order valence-electron chi connectivity index (χ3n) is 4.11. The quantitative estimate of drug-likeness (QED) is 0.656. The van der Waals surface area contributed by atoms with Crippen LogP contribution in [0, 0.1) is 5.92 Å². The summed E-state index contributed by atoms with van der Waals surface area (Å²) in [6.07, 6.45) is 9.48. The van der Waals surface area contributed by atoms with Crippen LogP contribution < -0.4 is 5.32 Å². The third-order valence-corrected chi connectivity index (χ3v) is 5.31. The molecule has 2 aliphatic rings. The summed E-state index contributed by atoms with van der Waals surface area (Å²) in [5, 5.41) is 13.1. The van der Waals surface area contributed by atoms with E-state index in [2.05, 4.69) is 24.0 Å². The van der Waals surface area contributed by atoms with Crippen LogP contribution in [0.15, 0.2) is 0 Å². The van der Waals surface area contributed by atoms with Gasteiger partial charge in [-0.15, -0.1) is 0 Å². The molecule has 1 atom stereocenters. The van der Waals surface area contributed by atoms with Gasteiger partial charge in [-0.3, -0.25) is 0 Å². The first kappa shape index (κ1) is 13.7. The number of thioether (sulfide) groups is 1. The standard InChI is InChI=1S/C14H27NOS/c1-14(11-16,15-13-6-7-13)8-9-17-10-12-4-2-3-5-12/h12-13,15-16H,2-11H2,1H3. The zero-order valence-electron chi connectivity index (χ0n) is 11.1. The summed E-state index contributed by atoms with van der Waals surface area (Å²) >= 11 is 2.09. The van der Waals surface area contributed by atoms with E-state index < -0.39 is 0 Å². The molecule has 2 N–H and O–H groups in total. The van der Waals surface area contributed by atoms with Gasteiger partial charge in [0.05, 0.1) is 6.61 Å². The highest BCUT2D eigenvalue weighted by molar-refractivity contribution is 7.99. The van der Waals surface area contributed by atoms with Crippen LogP contribution in [0.3, 0.4) is 0 Å². The smallest absolute Gasteiger partial charge is 0.0610 e. The molecule has 0 radical (unpaired) electrons. The lowest BCUT2D eigenvalue weighted by molar-refractivity contribution is 0.169. The highest BCUT2D eigenvalue weighted by Crippen LogP contribution is 2.29. The minimum absolute atomic E-state index is 0.0379. The van der Waals surface area contributed by atoms with Crippen LogP contribution in [0.5, 0.6) is 0 Å². The number of nitrogens with one attached hydrogen (secondary N) is 1. The van der Waals surface area contributed by atoms with Crippen molar-refractivity contribution in [3.8, 4) is 0 Å². The van der Waals surface area contributed by atoms with Gasteiger partial charge in [-0.1, -0.05) is 12.8 Å². The van der Waals surface area contributed by atoms with Gasteiger partial charge in [0.25, 0.3) is 0 Å². The molecule has 3 heteroatoms. The van der Waals surface area contributed by atoms with Gasteiger partial charge in [-0.25, -0.2) is 0 Å². The van der Waals surface area contributed by atoms with Gasteiger partial charge in [0.1, 0.15) is 0 Å². The summed E-state index contributed by atoms with van der Waals surface area (Å²) in [6.45, 7) is 2.44. The fraction of sp³-hybridized carbons (Fsp3) is 1.00. The molecule has 0 bridgehead atoms. The summed E-state index contributed by atoms with van der Waals surface area (Å²) < 4.78 is 0. The molecule has 2 saturated carbocycles. The Morgan fingerprint density at radius 1 is 1.24 bits per heavy atom. The highest BCUT2D eigenvalue weighted by Gasteiger charge is 2.31. The van der Waals surface area contributed by atoms with E-state index in [1.165, 1.54) is 50.0 Å². The van der Waals surface area contributed by atoms with Crippen molar-refractivity contribution in [1.29, 1.82) is 0 Å². The fourth-order valence-electron chi connectivity index (χ4n) is 2.64. The molecule has 2 rings (SSSR count). The van der Waals surface area contributed by atoms with Crippen molar-refractivity contribution in [1.82, 2.24) is 5.32 Å². The van der Waals surface area contributed by atoms with Gasteiger partial charge in [0.2, 0.25) is 0 Å². The van der Waals surface area contributed by atoms with Crippen LogP contribution in [0.1, 0.15) is 51.9 Å². The second-order valence-electron chi connectivity index (χ2n) is 6.11. The Balaban J connectivity index is 1.58. The number of hydrogen-bond acceptors (Lipinski definition) is 3. The fourth-order valence-corrected chi connectivity index (χ4v) is 4.07. The largest absolute Gasteiger partial charge is 0.394 e. The van der Waals surface area contributed by atoms with Crippen molar-refractivity contribution in [2.75, 3.05) is 18.1 Å². The zero-order valence-corrected chi connectivity index (χ0v) is 11.9. The number of hydrogen-bond donors (Lipinski definition) is 2. The Labute approximate surface area is 110 Å². The van der Waals surface area contributed by atoms with Gasteiger partial charge >= 0.3 is 0 Å². The van der Waals surface area contributed by atoms with E-state index in [-0.39, 0.29) is 12.1 Å². The number of aliphatic hydroxyl groups excluding tert-OH is 1. The zero-order chi connectivity index (χ0) is 12.1. The predicted octanol–water partition coefficient (Wildman–Crippen LogP) is 2.80. The minimum atomic E-state index is -0.0379. The molecule has 0 spiro atoms. The van der Waals surface area contributed by atoms with Crippen LogP contribution in [-0.2, 0) is 0 Å². The molecule has 2 aliphatic carbocycles. The second-order valence-corrected chi connectivity index (χ2v) is 7.26. The first-order chi connectivity index (χ1) is 8.22. The van der Waals surface area contributed by atoms with Crippen molar-refractivity contribution in [2.24, 2.45) is 5.92 Å². The maximum atomic E-state index is 9.50. The summed E-state index contributed by atoms with van der Waals surface area (Å²) in [6, 6.07) is 0.687. The maximum absolute atomic E-state index is 9.50. The molecule has 1 unspecified atom stereocenters. The van der Waals surface area contributed by atoms with Crippen LogP contribution in [0.2, 0.25) is 0 Å². The third kappa shape index (κ3) is 4.80. The highest BCUT2D eigenvalue weighted by atomic mass is 32.2. The summed E-state index contributed by atoms with van der Waals surface area (Å²) in [4.78, 5) is 0. The van der Waals surface area contributed by atoms with Gasteiger partial charge in [0, 0.05) is 11.6 Å². The Hall–Kier alpha value is 0.270. The van der Waals surface area contributed by atoms with E-state index in [9.17, 15) is 5.11 Å². The van der Waals surface area contributed by atoms with Gasteiger partial charge < -0.3 is 10.4 Å². The van der Waals surface area contributed by atoms with Gasteiger partial charge in [0.15, 0.2) is 0 Å². The first-order valence-corrected chi connectivity index (χ1v) is 8.34. The molecule has 0 aromatic carbocycles. The molecule has 0 amide bonds. The van der Waals surface area contributed by atoms with Crippen molar-refractivity contribution in [3.63, 3.8) is 0 Å². The molecular formula is C14H27NOS. The maximum Gasteiger partial charge on any atom is 0.0610 e. The molecule has 0 saturated heterocycles. The van der Waals surface area contributed by atoms with E-state index >= 15 is 0 Å². The molecular weight excluding hydrogens is 230 g/mol.